The standard InChI is InChI=1S/C27H49NO2/c1-3-5-7-9-11-13-14-16-18-20-22-25-24-26(29)28(27(25)30)23-21-19-17-15-12-10-8-6-4-2/h20,22,25H,3-19,21,23-24H2,1-2H3. The predicted molar refractivity (Wildman–Crippen MR) is 128 cm³/mol. The molecule has 1 unspecified atom stereocenters. The number of hydrogen-bond acceptors (Lipinski definition) is 2. The van der Waals surface area contributed by atoms with E-state index in [1.165, 1.54) is 101 Å². The van der Waals surface area contributed by atoms with Gasteiger partial charge in [0.2, 0.25) is 11.8 Å². The van der Waals surface area contributed by atoms with Crippen LogP contribution in [-0.2, 0) is 9.59 Å². The molecule has 0 aromatic heterocycles. The molecule has 1 aliphatic rings. The number of allylic oxidation sites excluding steroid dienone is 1. The van der Waals surface area contributed by atoms with Crippen molar-refractivity contribution >= 4 is 11.8 Å². The van der Waals surface area contributed by atoms with Crippen molar-refractivity contribution in [2.24, 2.45) is 5.92 Å². The monoisotopic (exact) mass is 419 g/mol. The lowest BCUT2D eigenvalue weighted by molar-refractivity contribution is -0.139. The van der Waals surface area contributed by atoms with E-state index in [0.29, 0.717) is 13.0 Å². The largest absolute Gasteiger partial charge is 0.282 e. The molecule has 1 fully saturated rings. The summed E-state index contributed by atoms with van der Waals surface area (Å²) < 4.78 is 0. The zero-order valence-electron chi connectivity index (χ0n) is 20.1. The molecule has 1 saturated heterocycles. The van der Waals surface area contributed by atoms with Crippen molar-refractivity contribution in [3.63, 3.8) is 0 Å². The number of unbranched alkanes of at least 4 members (excludes halogenated alkanes) is 16. The molecule has 3 nitrogen and oxygen atoms in total. The fourth-order valence-electron chi connectivity index (χ4n) is 4.33. The van der Waals surface area contributed by atoms with Gasteiger partial charge in [-0.3, -0.25) is 14.5 Å². The van der Waals surface area contributed by atoms with Crippen LogP contribution in [0.15, 0.2) is 12.2 Å². The van der Waals surface area contributed by atoms with Crippen LogP contribution in [0.4, 0.5) is 0 Å². The summed E-state index contributed by atoms with van der Waals surface area (Å²) in [5, 5.41) is 0. The van der Waals surface area contributed by atoms with Gasteiger partial charge in [-0.1, -0.05) is 122 Å². The fraction of sp³-hybridized carbons (Fsp3) is 0.852. The van der Waals surface area contributed by atoms with Crippen LogP contribution in [0.25, 0.3) is 0 Å². The summed E-state index contributed by atoms with van der Waals surface area (Å²) in [7, 11) is 0. The molecule has 2 amide bonds. The van der Waals surface area contributed by atoms with E-state index in [2.05, 4.69) is 19.9 Å². The van der Waals surface area contributed by atoms with Crippen molar-refractivity contribution in [3.8, 4) is 0 Å². The second-order valence-electron chi connectivity index (χ2n) is 9.21. The van der Waals surface area contributed by atoms with Gasteiger partial charge >= 0.3 is 0 Å². The van der Waals surface area contributed by atoms with E-state index in [-0.39, 0.29) is 17.7 Å². The molecule has 1 aliphatic heterocycles. The second kappa shape index (κ2) is 18.6. The van der Waals surface area contributed by atoms with Gasteiger partial charge in [-0.2, -0.15) is 0 Å². The Kier molecular flexibility index (Phi) is 16.7. The Morgan fingerprint density at radius 3 is 1.70 bits per heavy atom. The smallest absolute Gasteiger partial charge is 0.236 e. The average Bonchev–Trinajstić information content (AvgIpc) is 3.01. The van der Waals surface area contributed by atoms with Crippen molar-refractivity contribution < 1.29 is 9.59 Å². The fourth-order valence-corrected chi connectivity index (χ4v) is 4.33. The number of rotatable bonds is 20. The molecule has 0 aliphatic carbocycles. The first-order chi connectivity index (χ1) is 14.7. The lowest BCUT2D eigenvalue weighted by Crippen LogP contribution is -2.31. The van der Waals surface area contributed by atoms with Gasteiger partial charge in [0.15, 0.2) is 0 Å². The molecule has 0 spiro atoms. The third-order valence-electron chi connectivity index (χ3n) is 6.36. The van der Waals surface area contributed by atoms with Gasteiger partial charge in [0.05, 0.1) is 5.92 Å². The van der Waals surface area contributed by atoms with Crippen LogP contribution in [0.1, 0.15) is 136 Å². The van der Waals surface area contributed by atoms with E-state index in [1.54, 1.807) is 0 Å². The van der Waals surface area contributed by atoms with Crippen LogP contribution in [0.5, 0.6) is 0 Å². The molecular formula is C27H49NO2. The van der Waals surface area contributed by atoms with Crippen molar-refractivity contribution in [1.82, 2.24) is 4.90 Å². The molecule has 0 aromatic rings. The molecule has 1 atom stereocenters. The molecule has 1 heterocycles. The van der Waals surface area contributed by atoms with Crippen LogP contribution in [-0.4, -0.2) is 23.3 Å². The second-order valence-corrected chi connectivity index (χ2v) is 9.21. The van der Waals surface area contributed by atoms with Crippen LogP contribution in [0.3, 0.4) is 0 Å². The number of carbonyl (C=O) groups excluding carboxylic acids is 2. The Bertz CT molecular complexity index is 471. The molecule has 0 radical (unpaired) electrons. The molecule has 174 valence electrons. The summed E-state index contributed by atoms with van der Waals surface area (Å²) >= 11 is 0. The van der Waals surface area contributed by atoms with Gasteiger partial charge in [-0.15, -0.1) is 0 Å². The van der Waals surface area contributed by atoms with Crippen molar-refractivity contribution in [1.29, 1.82) is 0 Å². The van der Waals surface area contributed by atoms with Gasteiger partial charge < -0.3 is 0 Å². The lowest BCUT2D eigenvalue weighted by Gasteiger charge is -2.14. The zero-order chi connectivity index (χ0) is 21.9. The summed E-state index contributed by atoms with van der Waals surface area (Å²) in [6, 6.07) is 0. The number of hydrogen-bond donors (Lipinski definition) is 0. The highest BCUT2D eigenvalue weighted by Crippen LogP contribution is 2.22. The van der Waals surface area contributed by atoms with Crippen molar-refractivity contribution in [3.05, 3.63) is 12.2 Å². The van der Waals surface area contributed by atoms with Crippen LogP contribution in [0, 0.1) is 5.92 Å². The minimum Gasteiger partial charge on any atom is -0.282 e. The third-order valence-corrected chi connectivity index (χ3v) is 6.36. The predicted octanol–water partition coefficient (Wildman–Crippen LogP) is 7.98. The number of amides is 2. The van der Waals surface area contributed by atoms with E-state index in [1.807, 2.05) is 6.08 Å². The van der Waals surface area contributed by atoms with E-state index in [0.717, 1.165) is 19.3 Å². The van der Waals surface area contributed by atoms with E-state index in [9.17, 15) is 9.59 Å². The molecule has 0 bridgehead atoms. The highest BCUT2D eigenvalue weighted by molar-refractivity contribution is 6.04. The Balaban J connectivity index is 2.06. The van der Waals surface area contributed by atoms with Gasteiger partial charge in [-0.05, 0) is 19.3 Å². The summed E-state index contributed by atoms with van der Waals surface area (Å²) in [5.74, 6) is -0.141. The van der Waals surface area contributed by atoms with Crippen LogP contribution < -0.4 is 0 Å². The Morgan fingerprint density at radius 2 is 1.17 bits per heavy atom. The molecule has 0 saturated carbocycles. The van der Waals surface area contributed by atoms with Crippen LogP contribution in [0.2, 0.25) is 0 Å². The lowest BCUT2D eigenvalue weighted by atomic mass is 10.0. The summed E-state index contributed by atoms with van der Waals surface area (Å²) in [4.78, 5) is 26.3. The molecule has 0 aromatic carbocycles. The molecule has 3 heteroatoms. The Labute approximate surface area is 187 Å². The van der Waals surface area contributed by atoms with Gasteiger partial charge in [0, 0.05) is 13.0 Å². The molecule has 0 N–H and O–H groups in total. The molecular weight excluding hydrogens is 370 g/mol. The SMILES string of the molecule is CCCCCCCCCCC=CC1CC(=O)N(CCCCCCCCCCC)C1=O. The Morgan fingerprint density at radius 1 is 0.700 bits per heavy atom. The van der Waals surface area contributed by atoms with Crippen LogP contribution >= 0.6 is 0 Å². The quantitative estimate of drug-likeness (QED) is 0.114. The first-order valence-electron chi connectivity index (χ1n) is 13.2. The zero-order valence-corrected chi connectivity index (χ0v) is 20.1. The molecule has 30 heavy (non-hydrogen) atoms. The van der Waals surface area contributed by atoms with Crippen molar-refractivity contribution in [2.75, 3.05) is 6.54 Å². The maximum absolute atomic E-state index is 12.5. The number of likely N-dealkylation sites (tertiary alicyclic amines) is 1. The number of carbonyl (C=O) groups is 2. The highest BCUT2D eigenvalue weighted by atomic mass is 16.2. The summed E-state index contributed by atoms with van der Waals surface area (Å²) in [5.41, 5.74) is 0. The minimum atomic E-state index is -0.204. The van der Waals surface area contributed by atoms with E-state index in [4.69, 9.17) is 0 Å². The average molecular weight is 420 g/mol. The van der Waals surface area contributed by atoms with Gasteiger partial charge in [0.25, 0.3) is 0 Å². The Hall–Kier alpha value is -1.12. The third kappa shape index (κ3) is 12.5. The normalized spacial score (nSPS) is 17.0. The van der Waals surface area contributed by atoms with E-state index < -0.39 is 0 Å². The summed E-state index contributed by atoms with van der Waals surface area (Å²) in [6.45, 7) is 5.12. The van der Waals surface area contributed by atoms with Crippen molar-refractivity contribution in [2.45, 2.75) is 136 Å². The maximum Gasteiger partial charge on any atom is 0.236 e. The molecule has 1 rings (SSSR count). The number of imide groups is 1. The van der Waals surface area contributed by atoms with Gasteiger partial charge in [-0.25, -0.2) is 0 Å². The minimum absolute atomic E-state index is 0.0290. The maximum atomic E-state index is 12.5. The van der Waals surface area contributed by atoms with E-state index >= 15 is 0 Å². The first kappa shape index (κ1) is 26.9. The first-order valence-corrected chi connectivity index (χ1v) is 13.2. The van der Waals surface area contributed by atoms with Gasteiger partial charge in [0.1, 0.15) is 0 Å². The highest BCUT2D eigenvalue weighted by Gasteiger charge is 2.36. The number of nitrogens with zero attached hydrogens (tertiary/aromatic N) is 1. The summed E-state index contributed by atoms with van der Waals surface area (Å²) in [6.07, 6.45) is 27.4. The topological polar surface area (TPSA) is 37.4 Å².